The summed E-state index contributed by atoms with van der Waals surface area (Å²) in [5, 5.41) is 22.0. The molecule has 2 N–H and O–H groups in total. The molecule has 0 bridgehead atoms. The van der Waals surface area contributed by atoms with Crippen molar-refractivity contribution in [2.24, 2.45) is 0 Å². The molecule has 1 saturated carbocycles. The minimum absolute atomic E-state index is 0.0169. The van der Waals surface area contributed by atoms with Crippen LogP contribution in [0.3, 0.4) is 0 Å². The van der Waals surface area contributed by atoms with Crippen LogP contribution in [0.2, 0.25) is 0 Å². The van der Waals surface area contributed by atoms with Crippen LogP contribution >= 0.6 is 0 Å². The Bertz CT molecular complexity index is 968. The highest BCUT2D eigenvalue weighted by molar-refractivity contribution is 5.94. The summed E-state index contributed by atoms with van der Waals surface area (Å²) < 4.78 is 2.06. The highest BCUT2D eigenvalue weighted by Crippen LogP contribution is 2.42. The predicted octanol–water partition coefficient (Wildman–Crippen LogP) is 2.96. The summed E-state index contributed by atoms with van der Waals surface area (Å²) in [4.78, 5) is 12.5. The SMILES string of the molecule is Cc1nn(C2CCCC2)c2c1C(c1ccc(-c3nn[nH]n3)cc1)CC(=O)N2. The van der Waals surface area contributed by atoms with E-state index in [0.29, 0.717) is 18.3 Å². The molecule has 1 aliphatic carbocycles. The average Bonchev–Trinajstić information content (AvgIpc) is 3.43. The molecule has 1 aliphatic heterocycles. The van der Waals surface area contributed by atoms with Crippen molar-refractivity contribution in [3.8, 4) is 11.4 Å². The Balaban J connectivity index is 1.54. The quantitative estimate of drug-likeness (QED) is 0.745. The lowest BCUT2D eigenvalue weighted by Crippen LogP contribution is -2.25. The summed E-state index contributed by atoms with van der Waals surface area (Å²) in [5.41, 5.74) is 4.15. The molecule has 1 fully saturated rings. The van der Waals surface area contributed by atoms with Crippen LogP contribution in [0.1, 0.15) is 60.9 Å². The number of hydrogen-bond acceptors (Lipinski definition) is 5. The van der Waals surface area contributed by atoms with Gasteiger partial charge in [-0.1, -0.05) is 37.1 Å². The number of benzene rings is 1. The van der Waals surface area contributed by atoms with Gasteiger partial charge in [-0.15, -0.1) is 10.2 Å². The predicted molar refractivity (Wildman–Crippen MR) is 99.2 cm³/mol. The van der Waals surface area contributed by atoms with Crippen LogP contribution in [-0.4, -0.2) is 36.3 Å². The summed E-state index contributed by atoms with van der Waals surface area (Å²) in [6.07, 6.45) is 5.16. The maximum absolute atomic E-state index is 12.5. The molecule has 2 aliphatic rings. The van der Waals surface area contributed by atoms with Gasteiger partial charge in [0.25, 0.3) is 0 Å². The summed E-state index contributed by atoms with van der Waals surface area (Å²) in [7, 11) is 0. The molecule has 3 heterocycles. The zero-order valence-electron chi connectivity index (χ0n) is 15.1. The Morgan fingerprint density at radius 1 is 1.15 bits per heavy atom. The molecule has 8 heteroatoms. The number of aromatic nitrogens is 6. The van der Waals surface area contributed by atoms with Crippen LogP contribution in [0, 0.1) is 6.92 Å². The third-order valence-electron chi connectivity index (χ3n) is 5.71. The second kappa shape index (κ2) is 6.29. The summed E-state index contributed by atoms with van der Waals surface area (Å²) in [6.45, 7) is 2.04. The molecule has 8 nitrogen and oxygen atoms in total. The number of fused-ring (bicyclic) bond motifs is 1. The molecule has 138 valence electrons. The molecule has 2 aromatic heterocycles. The second-order valence-corrected chi connectivity index (χ2v) is 7.39. The molecule has 1 atom stereocenters. The van der Waals surface area contributed by atoms with E-state index in [1.165, 1.54) is 12.8 Å². The van der Waals surface area contributed by atoms with Gasteiger partial charge in [0, 0.05) is 23.5 Å². The first-order valence-corrected chi connectivity index (χ1v) is 9.43. The summed E-state index contributed by atoms with van der Waals surface area (Å²) in [5.74, 6) is 1.52. The van der Waals surface area contributed by atoms with Crippen molar-refractivity contribution in [1.82, 2.24) is 30.4 Å². The number of aryl methyl sites for hydroxylation is 1. The highest BCUT2D eigenvalue weighted by Gasteiger charge is 2.34. The van der Waals surface area contributed by atoms with E-state index in [0.717, 1.165) is 41.0 Å². The van der Waals surface area contributed by atoms with Gasteiger partial charge in [0.05, 0.1) is 11.7 Å². The van der Waals surface area contributed by atoms with Gasteiger partial charge >= 0.3 is 0 Å². The van der Waals surface area contributed by atoms with Crippen molar-refractivity contribution in [3.63, 3.8) is 0 Å². The van der Waals surface area contributed by atoms with Crippen LogP contribution in [0.5, 0.6) is 0 Å². The number of nitrogens with one attached hydrogen (secondary N) is 2. The monoisotopic (exact) mass is 363 g/mol. The van der Waals surface area contributed by atoms with E-state index < -0.39 is 0 Å². The molecule has 0 saturated heterocycles. The number of rotatable bonds is 3. The largest absolute Gasteiger partial charge is 0.311 e. The summed E-state index contributed by atoms with van der Waals surface area (Å²) >= 11 is 0. The van der Waals surface area contributed by atoms with E-state index in [9.17, 15) is 4.79 Å². The van der Waals surface area contributed by atoms with Crippen LogP contribution in [0.15, 0.2) is 24.3 Å². The van der Waals surface area contributed by atoms with Gasteiger partial charge in [-0.25, -0.2) is 4.68 Å². The van der Waals surface area contributed by atoms with Crippen LogP contribution < -0.4 is 5.32 Å². The average molecular weight is 363 g/mol. The number of aromatic amines is 1. The Kier molecular flexibility index (Phi) is 3.77. The van der Waals surface area contributed by atoms with Crippen LogP contribution in [0.25, 0.3) is 11.4 Å². The Hall–Kier alpha value is -3.03. The van der Waals surface area contributed by atoms with Crippen LogP contribution in [-0.2, 0) is 4.79 Å². The first-order chi connectivity index (χ1) is 13.2. The number of amides is 1. The third-order valence-corrected chi connectivity index (χ3v) is 5.71. The summed E-state index contributed by atoms with van der Waals surface area (Å²) in [6, 6.07) is 8.44. The molecule has 1 aromatic carbocycles. The lowest BCUT2D eigenvalue weighted by Gasteiger charge is -2.25. The molecule has 27 heavy (non-hydrogen) atoms. The van der Waals surface area contributed by atoms with Crippen molar-refractivity contribution in [2.75, 3.05) is 5.32 Å². The molecule has 5 rings (SSSR count). The van der Waals surface area contributed by atoms with Gasteiger partial charge in [0.2, 0.25) is 11.7 Å². The van der Waals surface area contributed by atoms with E-state index in [1.807, 2.05) is 31.2 Å². The van der Waals surface area contributed by atoms with Crippen molar-refractivity contribution in [2.45, 2.75) is 51.0 Å². The zero-order valence-corrected chi connectivity index (χ0v) is 15.1. The van der Waals surface area contributed by atoms with E-state index in [1.54, 1.807) is 0 Å². The highest BCUT2D eigenvalue weighted by atomic mass is 16.1. The van der Waals surface area contributed by atoms with Crippen molar-refractivity contribution in [1.29, 1.82) is 0 Å². The minimum atomic E-state index is 0.0169. The van der Waals surface area contributed by atoms with Crippen molar-refractivity contribution < 1.29 is 4.79 Å². The first-order valence-electron chi connectivity index (χ1n) is 9.43. The maximum Gasteiger partial charge on any atom is 0.226 e. The lowest BCUT2D eigenvalue weighted by molar-refractivity contribution is -0.116. The van der Waals surface area contributed by atoms with E-state index >= 15 is 0 Å². The molecular formula is C19H21N7O. The van der Waals surface area contributed by atoms with Gasteiger partial charge in [0.15, 0.2) is 0 Å². The Morgan fingerprint density at radius 2 is 1.93 bits per heavy atom. The number of carbonyl (C=O) groups excluding carboxylic acids is 1. The topological polar surface area (TPSA) is 101 Å². The number of hydrogen-bond donors (Lipinski definition) is 2. The van der Waals surface area contributed by atoms with Crippen molar-refractivity contribution in [3.05, 3.63) is 41.1 Å². The number of anilines is 1. The van der Waals surface area contributed by atoms with Crippen LogP contribution in [0.4, 0.5) is 5.82 Å². The smallest absolute Gasteiger partial charge is 0.226 e. The number of carbonyl (C=O) groups is 1. The zero-order chi connectivity index (χ0) is 18.4. The first kappa shape index (κ1) is 16.2. The lowest BCUT2D eigenvalue weighted by atomic mass is 9.85. The number of nitrogens with zero attached hydrogens (tertiary/aromatic N) is 5. The fourth-order valence-electron chi connectivity index (χ4n) is 4.42. The second-order valence-electron chi connectivity index (χ2n) is 7.39. The minimum Gasteiger partial charge on any atom is -0.311 e. The third kappa shape index (κ3) is 2.72. The Morgan fingerprint density at radius 3 is 2.63 bits per heavy atom. The number of H-pyrrole nitrogens is 1. The molecule has 1 amide bonds. The number of tetrazole rings is 1. The standard InChI is InChI=1S/C19H21N7O/c1-11-17-15(12-6-8-13(9-7-12)18-21-24-25-22-18)10-16(27)20-19(17)26(23-11)14-4-2-3-5-14/h6-9,14-15H,2-5,10H2,1H3,(H,20,27)(H,21,22,24,25). The van der Waals surface area contributed by atoms with E-state index in [4.69, 9.17) is 5.10 Å². The van der Waals surface area contributed by atoms with Gasteiger partial charge in [-0.3, -0.25) is 4.79 Å². The molecule has 3 aromatic rings. The fraction of sp³-hybridized carbons (Fsp3) is 0.421. The van der Waals surface area contributed by atoms with E-state index in [2.05, 4.69) is 30.6 Å². The molecular weight excluding hydrogens is 342 g/mol. The van der Waals surface area contributed by atoms with Crippen molar-refractivity contribution >= 4 is 11.7 Å². The van der Waals surface area contributed by atoms with Gasteiger partial charge in [0.1, 0.15) is 5.82 Å². The van der Waals surface area contributed by atoms with Gasteiger partial charge in [-0.05, 0) is 30.5 Å². The molecule has 0 spiro atoms. The normalized spacial score (nSPS) is 19.9. The molecule has 1 unspecified atom stereocenters. The molecule has 0 radical (unpaired) electrons. The van der Waals surface area contributed by atoms with Gasteiger partial charge < -0.3 is 5.32 Å². The van der Waals surface area contributed by atoms with Gasteiger partial charge in [-0.2, -0.15) is 10.3 Å². The maximum atomic E-state index is 12.5. The fourth-order valence-corrected chi connectivity index (χ4v) is 4.42. The Labute approximate surface area is 156 Å². The van der Waals surface area contributed by atoms with E-state index in [-0.39, 0.29) is 11.8 Å².